The van der Waals surface area contributed by atoms with Crippen LogP contribution in [0.4, 0.5) is 0 Å². The third-order valence-electron chi connectivity index (χ3n) is 2.05. The van der Waals surface area contributed by atoms with E-state index in [1.54, 1.807) is 11.8 Å². The minimum absolute atomic E-state index is 0.122. The smallest absolute Gasteiger partial charge is 0.219 e. The van der Waals surface area contributed by atoms with Gasteiger partial charge in [0.15, 0.2) is 0 Å². The molecule has 1 aromatic carbocycles. The van der Waals surface area contributed by atoms with E-state index in [2.05, 4.69) is 5.32 Å². The Kier molecular flexibility index (Phi) is 6.34. The van der Waals surface area contributed by atoms with Gasteiger partial charge in [-0.2, -0.15) is 0 Å². The molecule has 88 valence electrons. The summed E-state index contributed by atoms with van der Waals surface area (Å²) >= 11 is 7.57. The van der Waals surface area contributed by atoms with Crippen LogP contribution in [0.3, 0.4) is 0 Å². The van der Waals surface area contributed by atoms with E-state index in [1.807, 2.05) is 31.2 Å². The second-order valence-corrected chi connectivity index (χ2v) is 4.96. The van der Waals surface area contributed by atoms with Crippen molar-refractivity contribution in [2.45, 2.75) is 24.7 Å². The molecule has 0 unspecified atom stereocenters. The van der Waals surface area contributed by atoms with E-state index in [9.17, 15) is 4.79 Å². The van der Waals surface area contributed by atoms with Gasteiger partial charge in [0.05, 0.1) is 0 Å². The summed E-state index contributed by atoms with van der Waals surface area (Å²) in [5.74, 6) is 1.13. The van der Waals surface area contributed by atoms with E-state index < -0.39 is 0 Å². The highest BCUT2D eigenvalue weighted by Gasteiger charge is 1.97. The second kappa shape index (κ2) is 7.58. The first kappa shape index (κ1) is 13.4. The number of nitrogens with one attached hydrogen (secondary N) is 1. The Morgan fingerprint density at radius 2 is 2.06 bits per heavy atom. The van der Waals surface area contributed by atoms with E-state index in [-0.39, 0.29) is 5.91 Å². The lowest BCUT2D eigenvalue weighted by Gasteiger charge is -2.03. The van der Waals surface area contributed by atoms with E-state index in [0.717, 1.165) is 23.7 Å². The molecule has 1 aromatic rings. The van der Waals surface area contributed by atoms with Crippen molar-refractivity contribution in [1.82, 2.24) is 5.32 Å². The van der Waals surface area contributed by atoms with Crippen LogP contribution in [0.15, 0.2) is 29.2 Å². The third kappa shape index (κ3) is 5.42. The first-order chi connectivity index (χ1) is 7.72. The lowest BCUT2D eigenvalue weighted by Crippen LogP contribution is -2.23. The molecule has 1 rings (SSSR count). The molecule has 4 heteroatoms. The Hall–Kier alpha value is -0.670. The molecule has 1 N–H and O–H groups in total. The van der Waals surface area contributed by atoms with Crippen molar-refractivity contribution < 1.29 is 4.79 Å². The zero-order valence-corrected chi connectivity index (χ0v) is 10.9. The minimum Gasteiger partial charge on any atom is -0.356 e. The van der Waals surface area contributed by atoms with Crippen LogP contribution < -0.4 is 5.32 Å². The summed E-state index contributed by atoms with van der Waals surface area (Å²) in [6.07, 6.45) is 1.55. The van der Waals surface area contributed by atoms with Gasteiger partial charge in [-0.3, -0.25) is 4.79 Å². The van der Waals surface area contributed by atoms with Gasteiger partial charge in [0, 0.05) is 22.9 Å². The molecule has 0 aliphatic heterocycles. The van der Waals surface area contributed by atoms with Crippen LogP contribution in [0, 0.1) is 0 Å². The number of rotatable bonds is 6. The van der Waals surface area contributed by atoms with Crippen molar-refractivity contribution in [3.63, 3.8) is 0 Å². The fraction of sp³-hybridized carbons (Fsp3) is 0.417. The van der Waals surface area contributed by atoms with Crippen molar-refractivity contribution in [3.8, 4) is 0 Å². The molecule has 0 saturated carbocycles. The van der Waals surface area contributed by atoms with Crippen molar-refractivity contribution in [2.24, 2.45) is 0 Å². The van der Waals surface area contributed by atoms with Crippen LogP contribution >= 0.6 is 23.4 Å². The van der Waals surface area contributed by atoms with Crippen molar-refractivity contribution in [1.29, 1.82) is 0 Å². The number of halogens is 1. The highest BCUT2D eigenvalue weighted by atomic mass is 35.5. The second-order valence-electron chi connectivity index (χ2n) is 3.36. The molecule has 0 aliphatic carbocycles. The van der Waals surface area contributed by atoms with Crippen LogP contribution in [0.25, 0.3) is 0 Å². The number of thioether (sulfide) groups is 1. The Balaban J connectivity index is 2.11. The molecule has 0 heterocycles. The van der Waals surface area contributed by atoms with Gasteiger partial charge in [-0.25, -0.2) is 0 Å². The molecule has 0 radical (unpaired) electrons. The van der Waals surface area contributed by atoms with Crippen LogP contribution in [0.5, 0.6) is 0 Å². The van der Waals surface area contributed by atoms with Crippen LogP contribution in [0.2, 0.25) is 5.02 Å². The average molecular weight is 258 g/mol. The predicted molar refractivity (Wildman–Crippen MR) is 70.1 cm³/mol. The molecule has 0 atom stereocenters. The predicted octanol–water partition coefficient (Wildman–Crippen LogP) is 3.35. The van der Waals surface area contributed by atoms with Crippen molar-refractivity contribution in [3.05, 3.63) is 29.3 Å². The van der Waals surface area contributed by atoms with E-state index in [1.165, 1.54) is 4.90 Å². The average Bonchev–Trinajstić information content (AvgIpc) is 2.31. The first-order valence-corrected chi connectivity index (χ1v) is 6.74. The van der Waals surface area contributed by atoms with Gasteiger partial charge in [0.1, 0.15) is 0 Å². The zero-order chi connectivity index (χ0) is 11.8. The fourth-order valence-corrected chi connectivity index (χ4v) is 2.12. The van der Waals surface area contributed by atoms with Crippen LogP contribution in [0.1, 0.15) is 19.8 Å². The number of carbonyl (C=O) groups excluding carboxylic acids is 1. The summed E-state index contributed by atoms with van der Waals surface area (Å²) in [6.45, 7) is 2.62. The summed E-state index contributed by atoms with van der Waals surface area (Å²) in [6, 6.07) is 7.81. The molecule has 0 saturated heterocycles. The number of benzene rings is 1. The lowest BCUT2D eigenvalue weighted by atomic mass is 10.4. The van der Waals surface area contributed by atoms with E-state index in [0.29, 0.717) is 6.42 Å². The van der Waals surface area contributed by atoms with Crippen LogP contribution in [-0.4, -0.2) is 18.2 Å². The molecule has 0 spiro atoms. The van der Waals surface area contributed by atoms with Gasteiger partial charge in [-0.15, -0.1) is 11.8 Å². The molecule has 0 aliphatic rings. The summed E-state index contributed by atoms with van der Waals surface area (Å²) in [5.41, 5.74) is 0. The van der Waals surface area contributed by atoms with Gasteiger partial charge < -0.3 is 5.32 Å². The Morgan fingerprint density at radius 3 is 2.69 bits per heavy atom. The molecule has 1 amide bonds. The highest BCUT2D eigenvalue weighted by molar-refractivity contribution is 7.99. The topological polar surface area (TPSA) is 29.1 Å². The SMILES string of the molecule is CCC(=O)NCCCSc1ccc(Cl)cc1. The highest BCUT2D eigenvalue weighted by Crippen LogP contribution is 2.20. The zero-order valence-electron chi connectivity index (χ0n) is 9.33. The lowest BCUT2D eigenvalue weighted by molar-refractivity contribution is -0.120. The molecular formula is C12H16ClNOS. The van der Waals surface area contributed by atoms with Gasteiger partial charge in [0.25, 0.3) is 0 Å². The van der Waals surface area contributed by atoms with E-state index in [4.69, 9.17) is 11.6 Å². The molecular weight excluding hydrogens is 242 g/mol. The quantitative estimate of drug-likeness (QED) is 0.626. The summed E-state index contributed by atoms with van der Waals surface area (Å²) < 4.78 is 0. The molecule has 0 bridgehead atoms. The molecule has 0 fully saturated rings. The maximum Gasteiger partial charge on any atom is 0.219 e. The Labute approximate surface area is 106 Å². The summed E-state index contributed by atoms with van der Waals surface area (Å²) in [4.78, 5) is 12.2. The van der Waals surface area contributed by atoms with Crippen molar-refractivity contribution in [2.75, 3.05) is 12.3 Å². The first-order valence-electron chi connectivity index (χ1n) is 5.37. The summed E-state index contributed by atoms with van der Waals surface area (Å²) in [7, 11) is 0. The Bertz CT molecular complexity index is 326. The monoisotopic (exact) mass is 257 g/mol. The van der Waals surface area contributed by atoms with Gasteiger partial charge >= 0.3 is 0 Å². The van der Waals surface area contributed by atoms with Crippen LogP contribution in [-0.2, 0) is 4.79 Å². The number of carbonyl (C=O) groups is 1. The maximum atomic E-state index is 10.9. The maximum absolute atomic E-state index is 10.9. The normalized spacial score (nSPS) is 10.1. The van der Waals surface area contributed by atoms with Gasteiger partial charge in [-0.05, 0) is 36.4 Å². The standard InChI is InChI=1S/C12H16ClNOS/c1-2-12(15)14-8-3-9-16-11-6-4-10(13)5-7-11/h4-7H,2-3,8-9H2,1H3,(H,14,15). The van der Waals surface area contributed by atoms with Crippen molar-refractivity contribution >= 4 is 29.3 Å². The largest absolute Gasteiger partial charge is 0.356 e. The molecule has 16 heavy (non-hydrogen) atoms. The van der Waals surface area contributed by atoms with Gasteiger partial charge in [-0.1, -0.05) is 18.5 Å². The fourth-order valence-electron chi connectivity index (χ4n) is 1.15. The van der Waals surface area contributed by atoms with E-state index >= 15 is 0 Å². The van der Waals surface area contributed by atoms with Gasteiger partial charge in [0.2, 0.25) is 5.91 Å². The Morgan fingerprint density at radius 1 is 1.38 bits per heavy atom. The minimum atomic E-state index is 0.122. The molecule has 2 nitrogen and oxygen atoms in total. The molecule has 0 aromatic heterocycles. The summed E-state index contributed by atoms with van der Waals surface area (Å²) in [5, 5.41) is 3.62. The third-order valence-corrected chi connectivity index (χ3v) is 3.40. The number of amides is 1. The number of hydrogen-bond acceptors (Lipinski definition) is 2. The number of hydrogen-bond donors (Lipinski definition) is 1.